The zero-order valence-corrected chi connectivity index (χ0v) is 11.5. The predicted octanol–water partition coefficient (Wildman–Crippen LogP) is 3.61. The Morgan fingerprint density at radius 2 is 2.00 bits per heavy atom. The van der Waals surface area contributed by atoms with E-state index < -0.39 is 0 Å². The molecule has 5 heteroatoms. The molecule has 0 saturated heterocycles. The maximum atomic E-state index is 6.02. The van der Waals surface area contributed by atoms with Gasteiger partial charge in [0.1, 0.15) is 0 Å². The van der Waals surface area contributed by atoms with Crippen molar-refractivity contribution in [3.05, 3.63) is 23.6 Å². The first-order chi connectivity index (χ1) is 9.26. The molecule has 2 aromatic rings. The molecule has 1 heterocycles. The Bertz CT molecular complexity index is 597. The third-order valence-corrected chi connectivity index (χ3v) is 3.61. The number of aromatic nitrogens is 2. The van der Waals surface area contributed by atoms with Gasteiger partial charge in [-0.25, -0.2) is 9.97 Å². The smallest absolute Gasteiger partial charge is 0.222 e. The topological polar surface area (TPSA) is 44.2 Å². The molecule has 1 aliphatic rings. The summed E-state index contributed by atoms with van der Waals surface area (Å²) in [7, 11) is 1.63. The predicted molar refractivity (Wildman–Crippen MR) is 74.0 cm³/mol. The molecule has 100 valence electrons. The van der Waals surface area contributed by atoms with Gasteiger partial charge in [-0.3, -0.25) is 0 Å². The van der Waals surface area contributed by atoms with E-state index in [2.05, 4.69) is 9.97 Å². The average molecular weight is 279 g/mol. The number of fused-ring (bicyclic) bond motifs is 1. The van der Waals surface area contributed by atoms with Crippen molar-refractivity contribution in [2.45, 2.75) is 31.8 Å². The fourth-order valence-corrected chi connectivity index (χ4v) is 2.59. The van der Waals surface area contributed by atoms with Crippen LogP contribution in [0.2, 0.25) is 5.28 Å². The highest BCUT2D eigenvalue weighted by atomic mass is 35.5. The van der Waals surface area contributed by atoms with Crippen LogP contribution >= 0.6 is 11.6 Å². The van der Waals surface area contributed by atoms with Crippen molar-refractivity contribution in [1.29, 1.82) is 0 Å². The van der Waals surface area contributed by atoms with E-state index >= 15 is 0 Å². The summed E-state index contributed by atoms with van der Waals surface area (Å²) < 4.78 is 11.4. The van der Waals surface area contributed by atoms with E-state index in [0.29, 0.717) is 11.9 Å². The number of hydrogen-bond donors (Lipinski definition) is 0. The third kappa shape index (κ3) is 2.59. The number of ether oxygens (including phenoxy) is 2. The van der Waals surface area contributed by atoms with Crippen LogP contribution in [0, 0.1) is 0 Å². The van der Waals surface area contributed by atoms with E-state index in [1.54, 1.807) is 13.3 Å². The van der Waals surface area contributed by atoms with Crippen LogP contribution in [0.4, 0.5) is 0 Å². The van der Waals surface area contributed by atoms with Gasteiger partial charge in [0, 0.05) is 17.6 Å². The molecule has 0 unspecified atom stereocenters. The van der Waals surface area contributed by atoms with Gasteiger partial charge in [-0.05, 0) is 43.4 Å². The second kappa shape index (κ2) is 5.21. The molecule has 3 rings (SSSR count). The van der Waals surface area contributed by atoms with Gasteiger partial charge in [0.25, 0.3) is 0 Å². The van der Waals surface area contributed by atoms with E-state index in [0.717, 1.165) is 29.5 Å². The van der Waals surface area contributed by atoms with Crippen LogP contribution in [-0.4, -0.2) is 23.2 Å². The molecule has 0 aliphatic heterocycles. The van der Waals surface area contributed by atoms with Gasteiger partial charge in [-0.1, -0.05) is 0 Å². The van der Waals surface area contributed by atoms with Gasteiger partial charge in [0.15, 0.2) is 11.5 Å². The minimum absolute atomic E-state index is 0.235. The first kappa shape index (κ1) is 12.5. The minimum atomic E-state index is 0.235. The summed E-state index contributed by atoms with van der Waals surface area (Å²) in [6.07, 6.45) is 6.68. The van der Waals surface area contributed by atoms with E-state index in [1.165, 1.54) is 12.8 Å². The zero-order chi connectivity index (χ0) is 13.2. The lowest BCUT2D eigenvalue weighted by atomic mass is 10.2. The summed E-state index contributed by atoms with van der Waals surface area (Å²) in [6.45, 7) is 0. The lowest BCUT2D eigenvalue weighted by Crippen LogP contribution is -2.11. The van der Waals surface area contributed by atoms with E-state index in [9.17, 15) is 0 Å². The average Bonchev–Trinajstić information content (AvgIpc) is 2.91. The molecule has 1 aliphatic carbocycles. The highest BCUT2D eigenvalue weighted by Crippen LogP contribution is 2.34. The highest BCUT2D eigenvalue weighted by molar-refractivity contribution is 6.28. The lowest BCUT2D eigenvalue weighted by Gasteiger charge is -2.16. The van der Waals surface area contributed by atoms with Crippen molar-refractivity contribution in [2.75, 3.05) is 7.11 Å². The Morgan fingerprint density at radius 3 is 2.74 bits per heavy atom. The number of halogens is 1. The van der Waals surface area contributed by atoms with E-state index in [1.807, 2.05) is 12.1 Å². The van der Waals surface area contributed by atoms with E-state index in [4.69, 9.17) is 21.1 Å². The molecule has 0 bridgehead atoms. The molecule has 0 amide bonds. The highest BCUT2D eigenvalue weighted by Gasteiger charge is 2.19. The summed E-state index contributed by atoms with van der Waals surface area (Å²) in [5, 5.41) is 1.14. The van der Waals surface area contributed by atoms with Gasteiger partial charge >= 0.3 is 0 Å². The second-order valence-electron chi connectivity index (χ2n) is 4.73. The van der Waals surface area contributed by atoms with Crippen LogP contribution in [-0.2, 0) is 0 Å². The quantitative estimate of drug-likeness (QED) is 0.805. The number of rotatable bonds is 3. The fraction of sp³-hybridized carbons (Fsp3) is 0.429. The van der Waals surface area contributed by atoms with Crippen molar-refractivity contribution in [3.8, 4) is 11.5 Å². The van der Waals surface area contributed by atoms with Crippen LogP contribution in [0.1, 0.15) is 25.7 Å². The molecular formula is C14H15ClN2O2. The molecule has 0 atom stereocenters. The minimum Gasteiger partial charge on any atom is -0.493 e. The van der Waals surface area contributed by atoms with Gasteiger partial charge in [0.05, 0.1) is 18.7 Å². The second-order valence-corrected chi connectivity index (χ2v) is 5.06. The largest absolute Gasteiger partial charge is 0.493 e. The van der Waals surface area contributed by atoms with Crippen molar-refractivity contribution in [3.63, 3.8) is 0 Å². The fourth-order valence-electron chi connectivity index (χ4n) is 2.45. The molecule has 1 aromatic heterocycles. The van der Waals surface area contributed by atoms with Gasteiger partial charge in [0.2, 0.25) is 5.28 Å². The molecule has 19 heavy (non-hydrogen) atoms. The lowest BCUT2D eigenvalue weighted by molar-refractivity contribution is 0.201. The Balaban J connectivity index is 1.99. The summed E-state index contributed by atoms with van der Waals surface area (Å²) in [5.41, 5.74) is 0.760. The first-order valence-corrected chi connectivity index (χ1v) is 6.81. The Morgan fingerprint density at radius 1 is 1.21 bits per heavy atom. The van der Waals surface area contributed by atoms with Crippen molar-refractivity contribution >= 4 is 22.5 Å². The summed E-state index contributed by atoms with van der Waals surface area (Å²) >= 11 is 5.80. The Kier molecular flexibility index (Phi) is 3.42. The maximum absolute atomic E-state index is 6.02. The molecule has 0 radical (unpaired) electrons. The monoisotopic (exact) mass is 278 g/mol. The molecule has 4 nitrogen and oxygen atoms in total. The third-order valence-electron chi connectivity index (χ3n) is 3.43. The van der Waals surface area contributed by atoms with Crippen LogP contribution in [0.3, 0.4) is 0 Å². The van der Waals surface area contributed by atoms with Crippen LogP contribution in [0.15, 0.2) is 18.3 Å². The molecular weight excluding hydrogens is 264 g/mol. The number of methoxy groups -OCH3 is 1. The SMILES string of the molecule is COc1cc2nc(Cl)ncc2cc1OC1CCCC1. The van der Waals surface area contributed by atoms with Crippen LogP contribution in [0.25, 0.3) is 10.9 Å². The van der Waals surface area contributed by atoms with Crippen molar-refractivity contribution < 1.29 is 9.47 Å². The molecule has 0 N–H and O–H groups in total. The molecule has 1 saturated carbocycles. The molecule has 0 spiro atoms. The van der Waals surface area contributed by atoms with Gasteiger partial charge < -0.3 is 9.47 Å². The van der Waals surface area contributed by atoms with Crippen LogP contribution < -0.4 is 9.47 Å². The van der Waals surface area contributed by atoms with E-state index in [-0.39, 0.29) is 5.28 Å². The number of benzene rings is 1. The first-order valence-electron chi connectivity index (χ1n) is 6.43. The molecule has 1 aromatic carbocycles. The number of hydrogen-bond acceptors (Lipinski definition) is 4. The normalized spacial score (nSPS) is 15.9. The summed E-state index contributed by atoms with van der Waals surface area (Å²) in [5.74, 6) is 1.45. The van der Waals surface area contributed by atoms with Crippen LogP contribution in [0.5, 0.6) is 11.5 Å². The summed E-state index contributed by atoms with van der Waals surface area (Å²) in [6, 6.07) is 3.76. The standard InChI is InChI=1S/C14H15ClN2O2/c1-18-12-7-11-9(8-16-14(15)17-11)6-13(12)19-10-4-2-3-5-10/h6-8,10H,2-5H2,1H3. The number of nitrogens with zero attached hydrogens (tertiary/aromatic N) is 2. The Hall–Kier alpha value is -1.55. The van der Waals surface area contributed by atoms with Gasteiger partial charge in [-0.2, -0.15) is 0 Å². The van der Waals surface area contributed by atoms with Gasteiger partial charge in [-0.15, -0.1) is 0 Å². The summed E-state index contributed by atoms with van der Waals surface area (Å²) in [4.78, 5) is 8.17. The Labute approximate surface area is 116 Å². The van der Waals surface area contributed by atoms with Crippen molar-refractivity contribution in [2.24, 2.45) is 0 Å². The maximum Gasteiger partial charge on any atom is 0.222 e. The zero-order valence-electron chi connectivity index (χ0n) is 10.7. The van der Waals surface area contributed by atoms with Crippen molar-refractivity contribution in [1.82, 2.24) is 9.97 Å². The molecule has 1 fully saturated rings.